The number of hydrogen-bond acceptors (Lipinski definition) is 2. The van der Waals surface area contributed by atoms with Gasteiger partial charge in [0.15, 0.2) is 0 Å². The molecule has 10 heavy (non-hydrogen) atoms. The molecule has 0 rings (SSSR count). The topological polar surface area (TPSA) is 61.1 Å². The zero-order chi connectivity index (χ0) is 7.82. The number of carboxylic acid groups (broad SMARTS) is 1. The Morgan fingerprint density at radius 3 is 2.80 bits per heavy atom. The van der Waals surface area contributed by atoms with Crippen molar-refractivity contribution in [2.45, 2.75) is 19.3 Å². The molecule has 0 aromatic rings. The molecule has 0 spiro atoms. The van der Waals surface area contributed by atoms with Gasteiger partial charge in [0.05, 0.1) is 12.5 Å². The number of allylic oxidation sites excluding steroid dienone is 1. The van der Waals surface area contributed by atoms with Crippen LogP contribution in [0.25, 0.3) is 0 Å². The summed E-state index contributed by atoms with van der Waals surface area (Å²) < 4.78 is 0. The van der Waals surface area contributed by atoms with E-state index in [0.717, 1.165) is 0 Å². The van der Waals surface area contributed by atoms with Gasteiger partial charge in [0, 0.05) is 6.42 Å². The summed E-state index contributed by atoms with van der Waals surface area (Å²) in [5, 5.41) is 16.2. The Morgan fingerprint density at radius 2 is 2.30 bits per heavy atom. The van der Waals surface area contributed by atoms with Crippen molar-refractivity contribution in [1.82, 2.24) is 0 Å². The Balaban J connectivity index is 3.22. The van der Waals surface area contributed by atoms with Crippen LogP contribution in [0.4, 0.5) is 0 Å². The third-order valence-electron chi connectivity index (χ3n) is 0.882. The predicted molar refractivity (Wildman–Crippen MR) is 36.2 cm³/mol. The minimum Gasteiger partial charge on any atom is -0.481 e. The number of hydrogen-bond donors (Lipinski definition) is 1. The Labute approximate surface area is 59.6 Å². The van der Waals surface area contributed by atoms with Crippen molar-refractivity contribution in [2.75, 3.05) is 0 Å². The van der Waals surface area contributed by atoms with E-state index in [1.165, 1.54) is 0 Å². The summed E-state index contributed by atoms with van der Waals surface area (Å²) in [5.74, 6) is -0.840. The first-order valence-electron chi connectivity index (χ1n) is 3.01. The highest BCUT2D eigenvalue weighted by atomic mass is 16.4. The molecule has 0 heterocycles. The molecule has 0 amide bonds. The fourth-order valence-corrected chi connectivity index (χ4v) is 0.450. The smallest absolute Gasteiger partial charge is 0.307 e. The molecule has 0 aliphatic rings. The molecule has 0 unspecified atom stereocenters. The van der Waals surface area contributed by atoms with Crippen molar-refractivity contribution in [3.63, 3.8) is 0 Å². The maximum absolute atomic E-state index is 9.92. The van der Waals surface area contributed by atoms with Gasteiger partial charge >= 0.3 is 5.97 Å². The van der Waals surface area contributed by atoms with E-state index < -0.39 is 5.97 Å². The van der Waals surface area contributed by atoms with Crippen LogP contribution in [0.1, 0.15) is 19.3 Å². The molecule has 3 nitrogen and oxygen atoms in total. The van der Waals surface area contributed by atoms with Gasteiger partial charge in [0.2, 0.25) is 0 Å². The number of aliphatic carboxylic acids is 1. The van der Waals surface area contributed by atoms with Crippen LogP contribution in [0.2, 0.25) is 0 Å². The Kier molecular flexibility index (Phi) is 5.07. The second-order valence-corrected chi connectivity index (χ2v) is 1.77. The Bertz CT molecular complexity index is 167. The van der Waals surface area contributed by atoms with Gasteiger partial charge in [-0.2, -0.15) is 5.26 Å². The number of nitriles is 1. The SMILES string of the molecule is N#CCC/C=C/CC(=O)O. The first-order chi connectivity index (χ1) is 4.77. The molecule has 0 fully saturated rings. The lowest BCUT2D eigenvalue weighted by atomic mass is 10.3. The van der Waals surface area contributed by atoms with Crippen molar-refractivity contribution in [1.29, 1.82) is 5.26 Å². The van der Waals surface area contributed by atoms with Crippen molar-refractivity contribution in [3.8, 4) is 6.07 Å². The van der Waals surface area contributed by atoms with E-state index in [1.54, 1.807) is 12.2 Å². The van der Waals surface area contributed by atoms with E-state index >= 15 is 0 Å². The molecule has 0 atom stereocenters. The molecule has 0 aliphatic heterocycles. The van der Waals surface area contributed by atoms with Gasteiger partial charge in [-0.1, -0.05) is 12.2 Å². The van der Waals surface area contributed by atoms with E-state index in [0.29, 0.717) is 12.8 Å². The quantitative estimate of drug-likeness (QED) is 0.472. The molecular weight excluding hydrogens is 130 g/mol. The molecule has 1 N–H and O–H groups in total. The second kappa shape index (κ2) is 5.83. The van der Waals surface area contributed by atoms with Gasteiger partial charge in [-0.25, -0.2) is 0 Å². The molecule has 0 aromatic carbocycles. The third kappa shape index (κ3) is 6.70. The van der Waals surface area contributed by atoms with Crippen molar-refractivity contribution in [2.24, 2.45) is 0 Å². The molecule has 0 saturated carbocycles. The monoisotopic (exact) mass is 139 g/mol. The van der Waals surface area contributed by atoms with E-state index in [9.17, 15) is 4.79 Å². The molecule has 0 aromatic heterocycles. The van der Waals surface area contributed by atoms with Gasteiger partial charge in [-0.15, -0.1) is 0 Å². The van der Waals surface area contributed by atoms with E-state index in [4.69, 9.17) is 10.4 Å². The Morgan fingerprint density at radius 1 is 1.60 bits per heavy atom. The summed E-state index contributed by atoms with van der Waals surface area (Å²) in [4.78, 5) is 9.92. The van der Waals surface area contributed by atoms with Crippen LogP contribution >= 0.6 is 0 Å². The summed E-state index contributed by atoms with van der Waals surface area (Å²) >= 11 is 0. The Hall–Kier alpha value is -1.30. The fraction of sp³-hybridized carbons (Fsp3) is 0.429. The lowest BCUT2D eigenvalue weighted by Gasteiger charge is -1.82. The van der Waals surface area contributed by atoms with Crippen LogP contribution in [0, 0.1) is 11.3 Å². The van der Waals surface area contributed by atoms with E-state index in [-0.39, 0.29) is 6.42 Å². The van der Waals surface area contributed by atoms with Crippen LogP contribution < -0.4 is 0 Å². The highest BCUT2D eigenvalue weighted by Crippen LogP contribution is 1.90. The number of carbonyl (C=O) groups is 1. The molecule has 0 saturated heterocycles. The lowest BCUT2D eigenvalue weighted by Crippen LogP contribution is -1.89. The van der Waals surface area contributed by atoms with Gasteiger partial charge in [0.1, 0.15) is 0 Å². The van der Waals surface area contributed by atoms with E-state index in [2.05, 4.69) is 0 Å². The minimum absolute atomic E-state index is 0.0471. The summed E-state index contributed by atoms with van der Waals surface area (Å²) in [6.07, 6.45) is 4.41. The normalized spacial score (nSPS) is 9.50. The summed E-state index contributed by atoms with van der Waals surface area (Å²) in [6.45, 7) is 0. The highest BCUT2D eigenvalue weighted by Gasteiger charge is 1.87. The number of rotatable bonds is 4. The fourth-order valence-electron chi connectivity index (χ4n) is 0.450. The molecule has 54 valence electrons. The highest BCUT2D eigenvalue weighted by molar-refractivity contribution is 5.68. The van der Waals surface area contributed by atoms with Gasteiger partial charge in [-0.3, -0.25) is 4.79 Å². The standard InChI is InChI=1S/C7H9NO2/c8-6-4-2-1-3-5-7(9)10/h1,3H,2,4-5H2,(H,9,10)/b3-1+. The first kappa shape index (κ1) is 8.70. The van der Waals surface area contributed by atoms with Crippen LogP contribution in [0.15, 0.2) is 12.2 Å². The van der Waals surface area contributed by atoms with Crippen LogP contribution in [-0.4, -0.2) is 11.1 Å². The number of unbranched alkanes of at least 4 members (excludes halogenated alkanes) is 1. The first-order valence-corrected chi connectivity index (χ1v) is 3.01. The summed E-state index contributed by atoms with van der Waals surface area (Å²) in [6, 6.07) is 1.96. The zero-order valence-electron chi connectivity index (χ0n) is 5.58. The zero-order valence-corrected chi connectivity index (χ0v) is 5.58. The van der Waals surface area contributed by atoms with Crippen molar-refractivity contribution < 1.29 is 9.90 Å². The summed E-state index contributed by atoms with van der Waals surface area (Å²) in [5.41, 5.74) is 0. The second-order valence-electron chi connectivity index (χ2n) is 1.77. The van der Waals surface area contributed by atoms with Crippen LogP contribution in [-0.2, 0) is 4.79 Å². The lowest BCUT2D eigenvalue weighted by molar-refractivity contribution is -0.136. The van der Waals surface area contributed by atoms with Crippen LogP contribution in [0.3, 0.4) is 0 Å². The van der Waals surface area contributed by atoms with Crippen molar-refractivity contribution >= 4 is 5.97 Å². The largest absolute Gasteiger partial charge is 0.481 e. The van der Waals surface area contributed by atoms with Gasteiger partial charge in [-0.05, 0) is 6.42 Å². The molecule has 3 heteroatoms. The number of carboxylic acids is 1. The number of nitrogens with zero attached hydrogens (tertiary/aromatic N) is 1. The maximum Gasteiger partial charge on any atom is 0.307 e. The third-order valence-corrected chi connectivity index (χ3v) is 0.882. The molecular formula is C7H9NO2. The maximum atomic E-state index is 9.92. The molecule has 0 bridgehead atoms. The molecule has 0 aliphatic carbocycles. The van der Waals surface area contributed by atoms with Crippen molar-refractivity contribution in [3.05, 3.63) is 12.2 Å². The van der Waals surface area contributed by atoms with E-state index in [1.807, 2.05) is 6.07 Å². The average Bonchev–Trinajstić information content (AvgIpc) is 1.87. The van der Waals surface area contributed by atoms with Crippen LogP contribution in [0.5, 0.6) is 0 Å². The summed E-state index contributed by atoms with van der Waals surface area (Å²) in [7, 11) is 0. The predicted octanol–water partition coefficient (Wildman–Crippen LogP) is 1.32. The minimum atomic E-state index is -0.840. The van der Waals surface area contributed by atoms with Gasteiger partial charge < -0.3 is 5.11 Å². The van der Waals surface area contributed by atoms with Gasteiger partial charge in [0.25, 0.3) is 0 Å². The molecule has 0 radical (unpaired) electrons. The average molecular weight is 139 g/mol.